The molecule has 12 heavy (non-hydrogen) atoms. The molecule has 0 saturated carbocycles. The molecule has 1 atom stereocenters. The van der Waals surface area contributed by atoms with Gasteiger partial charge in [0.1, 0.15) is 6.29 Å². The molecule has 1 aliphatic heterocycles. The Balaban J connectivity index is 2.35. The van der Waals surface area contributed by atoms with Gasteiger partial charge in [-0.05, 0) is 37.9 Å². The number of carbonyl (C=O) groups excluding carboxylic acids is 1. The fourth-order valence-electron chi connectivity index (χ4n) is 1.74. The molecule has 2 nitrogen and oxygen atoms in total. The minimum Gasteiger partial charge on any atom is -0.303 e. The molecule has 2 heteroatoms. The molecule has 0 amide bonds. The molecule has 0 aliphatic carbocycles. The van der Waals surface area contributed by atoms with Crippen molar-refractivity contribution in [3.63, 3.8) is 0 Å². The SMILES string of the molecule is CCN1CCCC(/C=C\C=O)C1. The highest BCUT2D eigenvalue weighted by Gasteiger charge is 2.15. The highest BCUT2D eigenvalue weighted by molar-refractivity contribution is 5.64. The van der Waals surface area contributed by atoms with Gasteiger partial charge in [-0.2, -0.15) is 0 Å². The number of likely N-dealkylation sites (tertiary alicyclic amines) is 1. The van der Waals surface area contributed by atoms with Crippen LogP contribution in [-0.4, -0.2) is 30.8 Å². The molecule has 1 heterocycles. The molecule has 68 valence electrons. The lowest BCUT2D eigenvalue weighted by molar-refractivity contribution is -0.104. The lowest BCUT2D eigenvalue weighted by atomic mass is 9.98. The summed E-state index contributed by atoms with van der Waals surface area (Å²) in [7, 11) is 0. The second-order valence-corrected chi connectivity index (χ2v) is 3.32. The Morgan fingerprint density at radius 3 is 3.08 bits per heavy atom. The molecular formula is C10H17NO. The van der Waals surface area contributed by atoms with Crippen LogP contribution in [0.5, 0.6) is 0 Å². The Morgan fingerprint density at radius 2 is 2.42 bits per heavy atom. The van der Waals surface area contributed by atoms with Crippen LogP contribution in [0.2, 0.25) is 0 Å². The van der Waals surface area contributed by atoms with Gasteiger partial charge < -0.3 is 4.90 Å². The number of nitrogens with zero attached hydrogens (tertiary/aromatic N) is 1. The molecule has 0 aromatic rings. The Morgan fingerprint density at radius 1 is 1.58 bits per heavy atom. The van der Waals surface area contributed by atoms with E-state index in [0.717, 1.165) is 19.4 Å². The van der Waals surface area contributed by atoms with Gasteiger partial charge in [0, 0.05) is 6.54 Å². The Hall–Kier alpha value is -0.630. The van der Waals surface area contributed by atoms with Crippen LogP contribution in [-0.2, 0) is 4.79 Å². The largest absolute Gasteiger partial charge is 0.303 e. The van der Waals surface area contributed by atoms with Gasteiger partial charge in [-0.25, -0.2) is 0 Å². The number of allylic oxidation sites excluding steroid dienone is 1. The lowest BCUT2D eigenvalue weighted by Gasteiger charge is -2.29. The number of rotatable bonds is 3. The smallest absolute Gasteiger partial charge is 0.142 e. The van der Waals surface area contributed by atoms with E-state index in [-0.39, 0.29) is 0 Å². The van der Waals surface area contributed by atoms with E-state index >= 15 is 0 Å². The molecule has 1 fully saturated rings. The van der Waals surface area contributed by atoms with Gasteiger partial charge in [0.15, 0.2) is 0 Å². The summed E-state index contributed by atoms with van der Waals surface area (Å²) in [5, 5.41) is 0. The van der Waals surface area contributed by atoms with Gasteiger partial charge in [-0.3, -0.25) is 4.79 Å². The molecule has 1 aliphatic rings. The number of aldehydes is 1. The van der Waals surface area contributed by atoms with Crippen LogP contribution in [0, 0.1) is 5.92 Å². The highest BCUT2D eigenvalue weighted by atomic mass is 16.1. The monoisotopic (exact) mass is 167 g/mol. The van der Waals surface area contributed by atoms with Crippen molar-refractivity contribution in [2.45, 2.75) is 19.8 Å². The summed E-state index contributed by atoms with van der Waals surface area (Å²) in [6.07, 6.45) is 7.03. The molecule has 0 bridgehead atoms. The minimum absolute atomic E-state index is 0.601. The zero-order valence-corrected chi connectivity index (χ0v) is 7.70. The summed E-state index contributed by atoms with van der Waals surface area (Å²) in [4.78, 5) is 12.5. The maximum Gasteiger partial charge on any atom is 0.142 e. The fourth-order valence-corrected chi connectivity index (χ4v) is 1.74. The predicted octanol–water partition coefficient (Wildman–Crippen LogP) is 1.47. The molecular weight excluding hydrogens is 150 g/mol. The zero-order valence-electron chi connectivity index (χ0n) is 7.70. The first kappa shape index (κ1) is 9.46. The van der Waals surface area contributed by atoms with Crippen molar-refractivity contribution in [2.24, 2.45) is 5.92 Å². The molecule has 0 radical (unpaired) electrons. The van der Waals surface area contributed by atoms with Crippen LogP contribution in [0.4, 0.5) is 0 Å². The van der Waals surface area contributed by atoms with Crippen molar-refractivity contribution in [1.29, 1.82) is 0 Å². The first-order valence-corrected chi connectivity index (χ1v) is 4.71. The van der Waals surface area contributed by atoms with E-state index in [2.05, 4.69) is 11.8 Å². The summed E-state index contributed by atoms with van der Waals surface area (Å²) >= 11 is 0. The quantitative estimate of drug-likeness (QED) is 0.468. The van der Waals surface area contributed by atoms with E-state index < -0.39 is 0 Å². The standard InChI is InChI=1S/C10H17NO/c1-2-11-7-3-5-10(9-11)6-4-8-12/h4,6,8,10H,2-3,5,7,9H2,1H3/b6-4-. The summed E-state index contributed by atoms with van der Waals surface area (Å²) in [6.45, 7) is 5.67. The maximum absolute atomic E-state index is 10.1. The van der Waals surface area contributed by atoms with Crippen molar-refractivity contribution < 1.29 is 4.79 Å². The van der Waals surface area contributed by atoms with Crippen LogP contribution in [0.3, 0.4) is 0 Å². The molecule has 1 rings (SSSR count). The van der Waals surface area contributed by atoms with Crippen LogP contribution in [0.25, 0.3) is 0 Å². The lowest BCUT2D eigenvalue weighted by Crippen LogP contribution is -2.34. The van der Waals surface area contributed by atoms with Gasteiger partial charge in [0.05, 0.1) is 0 Å². The molecule has 0 aromatic carbocycles. The molecule has 0 spiro atoms. The van der Waals surface area contributed by atoms with Crippen molar-refractivity contribution in [3.8, 4) is 0 Å². The minimum atomic E-state index is 0.601. The Bertz CT molecular complexity index is 165. The third kappa shape index (κ3) is 2.78. The van der Waals surface area contributed by atoms with E-state index in [0.29, 0.717) is 5.92 Å². The second-order valence-electron chi connectivity index (χ2n) is 3.32. The van der Waals surface area contributed by atoms with Gasteiger partial charge in [-0.15, -0.1) is 0 Å². The summed E-state index contributed by atoms with van der Waals surface area (Å²) < 4.78 is 0. The summed E-state index contributed by atoms with van der Waals surface area (Å²) in [6, 6.07) is 0. The van der Waals surface area contributed by atoms with E-state index in [1.165, 1.54) is 19.4 Å². The van der Waals surface area contributed by atoms with Crippen LogP contribution in [0.1, 0.15) is 19.8 Å². The summed E-state index contributed by atoms with van der Waals surface area (Å²) in [5.41, 5.74) is 0. The van der Waals surface area contributed by atoms with Gasteiger partial charge in [-0.1, -0.05) is 13.0 Å². The molecule has 0 aromatic heterocycles. The van der Waals surface area contributed by atoms with Crippen LogP contribution < -0.4 is 0 Å². The third-order valence-electron chi connectivity index (χ3n) is 2.45. The topological polar surface area (TPSA) is 20.3 Å². The average molecular weight is 167 g/mol. The zero-order chi connectivity index (χ0) is 8.81. The first-order valence-electron chi connectivity index (χ1n) is 4.71. The molecule has 1 unspecified atom stereocenters. The highest BCUT2D eigenvalue weighted by Crippen LogP contribution is 2.16. The number of carbonyl (C=O) groups is 1. The molecule has 1 saturated heterocycles. The van der Waals surface area contributed by atoms with E-state index in [1.54, 1.807) is 6.08 Å². The van der Waals surface area contributed by atoms with Crippen molar-refractivity contribution in [1.82, 2.24) is 4.90 Å². The van der Waals surface area contributed by atoms with Crippen molar-refractivity contribution in [3.05, 3.63) is 12.2 Å². The van der Waals surface area contributed by atoms with Gasteiger partial charge >= 0.3 is 0 Å². The second kappa shape index (κ2) is 5.09. The van der Waals surface area contributed by atoms with E-state index in [1.807, 2.05) is 6.08 Å². The predicted molar refractivity (Wildman–Crippen MR) is 50.0 cm³/mol. The summed E-state index contributed by atoms with van der Waals surface area (Å²) in [5.74, 6) is 0.601. The maximum atomic E-state index is 10.1. The fraction of sp³-hybridized carbons (Fsp3) is 0.700. The van der Waals surface area contributed by atoms with Gasteiger partial charge in [0.2, 0.25) is 0 Å². The normalized spacial score (nSPS) is 26.2. The van der Waals surface area contributed by atoms with Gasteiger partial charge in [0.25, 0.3) is 0 Å². The number of hydrogen-bond acceptors (Lipinski definition) is 2. The average Bonchev–Trinajstić information content (AvgIpc) is 2.15. The molecule has 0 N–H and O–H groups in total. The van der Waals surface area contributed by atoms with Crippen molar-refractivity contribution in [2.75, 3.05) is 19.6 Å². The first-order chi connectivity index (χ1) is 5.86. The Kier molecular flexibility index (Phi) is 4.01. The van der Waals surface area contributed by atoms with Crippen LogP contribution in [0.15, 0.2) is 12.2 Å². The van der Waals surface area contributed by atoms with Crippen molar-refractivity contribution >= 4 is 6.29 Å². The Labute approximate surface area is 74.2 Å². The number of piperidine rings is 1. The van der Waals surface area contributed by atoms with E-state index in [9.17, 15) is 4.79 Å². The third-order valence-corrected chi connectivity index (χ3v) is 2.45. The van der Waals surface area contributed by atoms with E-state index in [4.69, 9.17) is 0 Å². The number of hydrogen-bond donors (Lipinski definition) is 0. The van der Waals surface area contributed by atoms with Crippen LogP contribution >= 0.6 is 0 Å².